The van der Waals surface area contributed by atoms with Gasteiger partial charge in [-0.05, 0) is 13.8 Å². The number of hydrogen-bond donors (Lipinski definition) is 4. The number of nitrogens with one attached hydrogen (secondary N) is 2. The van der Waals surface area contributed by atoms with Crippen molar-refractivity contribution in [2.45, 2.75) is 26.7 Å². The molecule has 8 nitrogen and oxygen atoms in total. The summed E-state index contributed by atoms with van der Waals surface area (Å²) in [5.74, 6) is -2.41. The molecule has 0 bridgehead atoms. The molecular formula is C10H17N3O5. The number of rotatable bonds is 6. The topological polar surface area (TPSA) is 139 Å². The molecule has 5 N–H and O–H groups in total. The highest BCUT2D eigenvalue weighted by Gasteiger charge is 2.25. The molecule has 0 aliphatic carbocycles. The first kappa shape index (κ1) is 15.9. The molecule has 0 spiro atoms. The number of carboxylic acids is 1. The van der Waals surface area contributed by atoms with Crippen molar-refractivity contribution >= 4 is 23.8 Å². The van der Waals surface area contributed by atoms with Gasteiger partial charge in [0.1, 0.15) is 0 Å². The molecule has 0 radical (unpaired) electrons. The first-order valence-corrected chi connectivity index (χ1v) is 5.24. The molecule has 0 aromatic heterocycles. The molecule has 0 aromatic carbocycles. The number of carbonyl (C=O) groups excluding carboxylic acids is 3. The molecule has 0 rings (SSSR count). The zero-order valence-corrected chi connectivity index (χ0v) is 10.3. The Morgan fingerprint density at radius 3 is 2.17 bits per heavy atom. The monoisotopic (exact) mass is 259 g/mol. The van der Waals surface area contributed by atoms with Crippen LogP contribution >= 0.6 is 0 Å². The van der Waals surface area contributed by atoms with Crippen LogP contribution in [0.3, 0.4) is 0 Å². The largest absolute Gasteiger partial charge is 0.481 e. The van der Waals surface area contributed by atoms with E-state index >= 15 is 0 Å². The summed E-state index contributed by atoms with van der Waals surface area (Å²) in [6.07, 6.45) is -0.645. The second kappa shape index (κ2) is 6.58. The van der Waals surface area contributed by atoms with Gasteiger partial charge in [-0.1, -0.05) is 0 Å². The average molecular weight is 259 g/mol. The van der Waals surface area contributed by atoms with Crippen LogP contribution in [0.4, 0.5) is 4.79 Å². The maximum atomic E-state index is 11.2. The van der Waals surface area contributed by atoms with Crippen LogP contribution in [0.25, 0.3) is 0 Å². The molecule has 0 saturated carbocycles. The van der Waals surface area contributed by atoms with Gasteiger partial charge in [0.15, 0.2) is 0 Å². The maximum absolute atomic E-state index is 11.2. The normalized spacial score (nSPS) is 10.6. The van der Waals surface area contributed by atoms with Gasteiger partial charge >= 0.3 is 12.0 Å². The Morgan fingerprint density at radius 2 is 1.72 bits per heavy atom. The summed E-state index contributed by atoms with van der Waals surface area (Å²) in [4.78, 5) is 43.5. The van der Waals surface area contributed by atoms with Gasteiger partial charge in [-0.2, -0.15) is 0 Å². The van der Waals surface area contributed by atoms with Crippen molar-refractivity contribution in [2.24, 2.45) is 11.1 Å². The van der Waals surface area contributed by atoms with Crippen molar-refractivity contribution in [1.29, 1.82) is 0 Å². The van der Waals surface area contributed by atoms with E-state index in [2.05, 4.69) is 5.32 Å². The minimum atomic E-state index is -1.12. The summed E-state index contributed by atoms with van der Waals surface area (Å²) in [6, 6.07) is -0.792. The van der Waals surface area contributed by atoms with E-state index in [1.165, 1.54) is 0 Å². The van der Waals surface area contributed by atoms with Crippen LogP contribution in [-0.2, 0) is 14.4 Å². The maximum Gasteiger partial charge on any atom is 0.321 e. The molecule has 0 saturated heterocycles. The quantitative estimate of drug-likeness (QED) is 0.494. The fraction of sp³-hybridized carbons (Fsp3) is 0.600. The van der Waals surface area contributed by atoms with Crippen LogP contribution in [0.5, 0.6) is 0 Å². The summed E-state index contributed by atoms with van der Waals surface area (Å²) in [6.45, 7) is 3.06. The van der Waals surface area contributed by atoms with Crippen LogP contribution in [-0.4, -0.2) is 35.5 Å². The third-order valence-electron chi connectivity index (χ3n) is 2.18. The molecule has 102 valence electrons. The Bertz CT molecular complexity index is 365. The van der Waals surface area contributed by atoms with Crippen molar-refractivity contribution < 1.29 is 24.3 Å². The molecular weight excluding hydrogens is 242 g/mol. The highest BCUT2D eigenvalue weighted by Crippen LogP contribution is 2.11. The van der Waals surface area contributed by atoms with E-state index in [0.717, 1.165) is 0 Å². The molecule has 0 aromatic rings. The third kappa shape index (κ3) is 6.46. The van der Waals surface area contributed by atoms with Gasteiger partial charge in [-0.15, -0.1) is 0 Å². The van der Waals surface area contributed by atoms with Crippen LogP contribution < -0.4 is 16.4 Å². The zero-order chi connectivity index (χ0) is 14.3. The Balaban J connectivity index is 4.02. The minimum Gasteiger partial charge on any atom is -0.481 e. The van der Waals surface area contributed by atoms with E-state index in [1.54, 1.807) is 13.8 Å². The van der Waals surface area contributed by atoms with Crippen molar-refractivity contribution in [3.05, 3.63) is 0 Å². The van der Waals surface area contributed by atoms with E-state index in [-0.39, 0.29) is 19.4 Å². The lowest BCUT2D eigenvalue weighted by atomic mass is 9.93. The number of carbonyl (C=O) groups is 4. The van der Waals surface area contributed by atoms with Crippen molar-refractivity contribution in [1.82, 2.24) is 10.6 Å². The fourth-order valence-electron chi connectivity index (χ4n) is 0.842. The van der Waals surface area contributed by atoms with Gasteiger partial charge in [0.2, 0.25) is 11.8 Å². The molecule has 18 heavy (non-hydrogen) atoms. The number of aliphatic carboxylic acids is 1. The molecule has 0 heterocycles. The molecule has 0 aliphatic rings. The number of hydrogen-bond acceptors (Lipinski definition) is 4. The molecule has 0 atom stereocenters. The van der Waals surface area contributed by atoms with E-state index in [9.17, 15) is 19.2 Å². The third-order valence-corrected chi connectivity index (χ3v) is 2.18. The van der Waals surface area contributed by atoms with Crippen LogP contribution in [0.15, 0.2) is 0 Å². The molecule has 0 fully saturated rings. The second-order valence-electron chi connectivity index (χ2n) is 4.37. The fourth-order valence-corrected chi connectivity index (χ4v) is 0.842. The lowest BCUT2D eigenvalue weighted by Gasteiger charge is -2.20. The van der Waals surface area contributed by atoms with Gasteiger partial charge < -0.3 is 16.2 Å². The first-order chi connectivity index (χ1) is 8.15. The smallest absolute Gasteiger partial charge is 0.321 e. The summed E-state index contributed by atoms with van der Waals surface area (Å²) in [5, 5.41) is 12.6. The average Bonchev–Trinajstić information content (AvgIpc) is 2.23. The number of urea groups is 1. The predicted octanol–water partition coefficient (Wildman–Crippen LogP) is -0.811. The second-order valence-corrected chi connectivity index (χ2v) is 4.37. The van der Waals surface area contributed by atoms with Crippen LogP contribution in [0.2, 0.25) is 0 Å². The predicted molar refractivity (Wildman–Crippen MR) is 61.4 cm³/mol. The zero-order valence-electron chi connectivity index (χ0n) is 10.3. The van der Waals surface area contributed by atoms with Gasteiger partial charge in [0.25, 0.3) is 0 Å². The number of carboxylic acid groups (broad SMARTS) is 1. The number of imide groups is 1. The SMILES string of the molecule is CC(C)(CNC(=O)NC(=O)CCC(=O)O)C(N)=O. The Hall–Kier alpha value is -2.12. The Kier molecular flexibility index (Phi) is 5.80. The van der Waals surface area contributed by atoms with Gasteiger partial charge in [0, 0.05) is 13.0 Å². The highest BCUT2D eigenvalue weighted by molar-refractivity contribution is 5.95. The summed E-state index contributed by atoms with van der Waals surface area (Å²) in [7, 11) is 0. The number of primary amides is 1. The van der Waals surface area contributed by atoms with Crippen LogP contribution in [0, 0.1) is 5.41 Å². The summed E-state index contributed by atoms with van der Waals surface area (Å²) < 4.78 is 0. The van der Waals surface area contributed by atoms with Crippen molar-refractivity contribution in [3.63, 3.8) is 0 Å². The van der Waals surface area contributed by atoms with E-state index in [4.69, 9.17) is 10.8 Å². The minimum absolute atomic E-state index is 0.0274. The van der Waals surface area contributed by atoms with Crippen molar-refractivity contribution in [3.8, 4) is 0 Å². The first-order valence-electron chi connectivity index (χ1n) is 5.24. The van der Waals surface area contributed by atoms with Crippen LogP contribution in [0.1, 0.15) is 26.7 Å². The lowest BCUT2D eigenvalue weighted by Crippen LogP contribution is -2.47. The Morgan fingerprint density at radius 1 is 1.17 bits per heavy atom. The van der Waals surface area contributed by atoms with Gasteiger partial charge in [-0.25, -0.2) is 4.79 Å². The standard InChI is InChI=1S/C10H17N3O5/c1-10(2,8(11)17)5-12-9(18)13-6(14)3-4-7(15)16/h3-5H2,1-2H3,(H2,11,17)(H,15,16)(H2,12,13,14,18). The van der Waals surface area contributed by atoms with E-state index in [0.29, 0.717) is 0 Å². The highest BCUT2D eigenvalue weighted by atomic mass is 16.4. The van der Waals surface area contributed by atoms with E-state index in [1.807, 2.05) is 5.32 Å². The molecule has 0 unspecified atom stereocenters. The van der Waals surface area contributed by atoms with E-state index < -0.39 is 29.2 Å². The molecule has 0 aliphatic heterocycles. The lowest BCUT2D eigenvalue weighted by molar-refractivity contribution is -0.138. The van der Waals surface area contributed by atoms with Gasteiger partial charge in [0.05, 0.1) is 11.8 Å². The molecule has 8 heteroatoms. The summed E-state index contributed by atoms with van der Waals surface area (Å²) >= 11 is 0. The number of amides is 4. The number of nitrogens with two attached hydrogens (primary N) is 1. The van der Waals surface area contributed by atoms with Crippen molar-refractivity contribution in [2.75, 3.05) is 6.54 Å². The molecule has 4 amide bonds. The van der Waals surface area contributed by atoms with Gasteiger partial charge in [-0.3, -0.25) is 19.7 Å². The summed E-state index contributed by atoms with van der Waals surface area (Å²) in [5.41, 5.74) is 4.17. The Labute approximate surface area is 104 Å².